The van der Waals surface area contributed by atoms with Crippen molar-refractivity contribution in [2.45, 2.75) is 34.2 Å². The first-order valence-corrected chi connectivity index (χ1v) is 8.09. The van der Waals surface area contributed by atoms with Crippen LogP contribution in [0.2, 0.25) is 0 Å². The fourth-order valence-corrected chi connectivity index (χ4v) is 3.06. The first kappa shape index (κ1) is 15.2. The number of aryl methyl sites for hydroxylation is 1. The second kappa shape index (κ2) is 5.47. The Morgan fingerprint density at radius 1 is 1.14 bits per heavy atom. The molecular formula is C17H19BrN4. The fourth-order valence-electron chi connectivity index (χ4n) is 2.42. The summed E-state index contributed by atoms with van der Waals surface area (Å²) in [4.78, 5) is 4.37. The summed E-state index contributed by atoms with van der Waals surface area (Å²) in [6.45, 7) is 9.41. The molecule has 0 aliphatic heterocycles. The molecule has 3 aromatic rings. The monoisotopic (exact) mass is 358 g/mol. The highest BCUT2D eigenvalue weighted by Gasteiger charge is 2.17. The molecule has 3 rings (SSSR count). The summed E-state index contributed by atoms with van der Waals surface area (Å²) < 4.78 is 2.94. The molecule has 0 amide bonds. The number of pyridine rings is 1. The number of rotatable bonds is 2. The molecule has 0 aliphatic rings. The highest BCUT2D eigenvalue weighted by atomic mass is 79.9. The first-order valence-electron chi connectivity index (χ1n) is 7.30. The largest absolute Gasteiger partial charge is 0.261 e. The van der Waals surface area contributed by atoms with E-state index in [0.29, 0.717) is 0 Å². The fraction of sp³-hybridized carbons (Fsp3) is 0.353. The van der Waals surface area contributed by atoms with Gasteiger partial charge in [0, 0.05) is 24.0 Å². The van der Waals surface area contributed by atoms with Gasteiger partial charge in [-0.3, -0.25) is 4.98 Å². The molecule has 114 valence electrons. The van der Waals surface area contributed by atoms with Gasteiger partial charge in [0.25, 0.3) is 0 Å². The molecule has 0 radical (unpaired) electrons. The Bertz CT molecular complexity index is 813. The summed E-state index contributed by atoms with van der Waals surface area (Å²) in [6, 6.07) is 8.28. The van der Waals surface area contributed by atoms with E-state index in [9.17, 15) is 0 Å². The van der Waals surface area contributed by atoms with E-state index < -0.39 is 0 Å². The molecule has 0 spiro atoms. The lowest BCUT2D eigenvalue weighted by Crippen LogP contribution is -2.16. The number of benzene rings is 1. The van der Waals surface area contributed by atoms with Crippen LogP contribution in [0, 0.1) is 12.3 Å². The lowest BCUT2D eigenvalue weighted by molar-refractivity contribution is 0.327. The van der Waals surface area contributed by atoms with Crippen LogP contribution in [0.3, 0.4) is 0 Å². The van der Waals surface area contributed by atoms with Gasteiger partial charge in [-0.15, -0.1) is 5.10 Å². The molecule has 0 unspecified atom stereocenters. The van der Waals surface area contributed by atoms with Crippen molar-refractivity contribution < 1.29 is 0 Å². The molecule has 2 aromatic heterocycles. The predicted molar refractivity (Wildman–Crippen MR) is 92.7 cm³/mol. The van der Waals surface area contributed by atoms with E-state index in [1.807, 2.05) is 23.9 Å². The molecule has 0 fully saturated rings. The zero-order valence-corrected chi connectivity index (χ0v) is 14.8. The smallest absolute Gasteiger partial charge is 0.127 e. The summed E-state index contributed by atoms with van der Waals surface area (Å²) in [7, 11) is 0. The van der Waals surface area contributed by atoms with Crippen LogP contribution in [-0.2, 0) is 6.54 Å². The molecule has 2 heterocycles. The average molecular weight is 359 g/mol. The van der Waals surface area contributed by atoms with Crippen molar-refractivity contribution in [1.82, 2.24) is 20.0 Å². The van der Waals surface area contributed by atoms with Crippen molar-refractivity contribution in [1.29, 1.82) is 0 Å². The van der Waals surface area contributed by atoms with Gasteiger partial charge >= 0.3 is 0 Å². The van der Waals surface area contributed by atoms with Crippen LogP contribution in [0.5, 0.6) is 0 Å². The Labute approximate surface area is 138 Å². The summed E-state index contributed by atoms with van der Waals surface area (Å²) in [5.74, 6) is 0. The maximum atomic E-state index is 4.37. The first-order chi connectivity index (χ1) is 10.3. The van der Waals surface area contributed by atoms with Crippen LogP contribution in [-0.4, -0.2) is 20.0 Å². The van der Waals surface area contributed by atoms with E-state index in [4.69, 9.17) is 0 Å². The van der Waals surface area contributed by atoms with Crippen molar-refractivity contribution in [2.24, 2.45) is 5.41 Å². The van der Waals surface area contributed by atoms with Crippen molar-refractivity contribution in [2.75, 3.05) is 0 Å². The van der Waals surface area contributed by atoms with Gasteiger partial charge in [-0.2, -0.15) is 0 Å². The SMILES string of the molecule is Cc1ccc(-c2ccc3c(nnn3CC(C)(C)C)c2Br)cn1. The minimum absolute atomic E-state index is 0.159. The van der Waals surface area contributed by atoms with E-state index >= 15 is 0 Å². The van der Waals surface area contributed by atoms with Gasteiger partial charge in [-0.1, -0.05) is 38.1 Å². The minimum atomic E-state index is 0.159. The summed E-state index contributed by atoms with van der Waals surface area (Å²) >= 11 is 3.69. The van der Waals surface area contributed by atoms with Crippen molar-refractivity contribution in [3.63, 3.8) is 0 Å². The van der Waals surface area contributed by atoms with Gasteiger partial charge in [0.15, 0.2) is 0 Å². The highest BCUT2D eigenvalue weighted by Crippen LogP contribution is 2.33. The van der Waals surface area contributed by atoms with E-state index in [-0.39, 0.29) is 5.41 Å². The third kappa shape index (κ3) is 2.90. The number of hydrogen-bond donors (Lipinski definition) is 0. The van der Waals surface area contributed by atoms with Crippen LogP contribution in [0.15, 0.2) is 34.9 Å². The van der Waals surface area contributed by atoms with E-state index in [0.717, 1.165) is 38.9 Å². The standard InChI is InChI=1S/C17H19BrN4/c1-11-5-6-12(9-19-11)13-7-8-14-16(15(13)18)20-21-22(14)10-17(2,3)4/h5-9H,10H2,1-4H3. The van der Waals surface area contributed by atoms with Crippen LogP contribution >= 0.6 is 15.9 Å². The zero-order valence-electron chi connectivity index (χ0n) is 13.3. The maximum absolute atomic E-state index is 4.37. The van der Waals surface area contributed by atoms with E-state index in [1.165, 1.54) is 0 Å². The normalized spacial score (nSPS) is 12.0. The molecule has 0 bridgehead atoms. The molecule has 4 nitrogen and oxygen atoms in total. The molecule has 22 heavy (non-hydrogen) atoms. The van der Waals surface area contributed by atoms with Crippen LogP contribution in [0.1, 0.15) is 26.5 Å². The molecule has 0 saturated carbocycles. The Morgan fingerprint density at radius 3 is 2.55 bits per heavy atom. The maximum Gasteiger partial charge on any atom is 0.127 e. The van der Waals surface area contributed by atoms with Crippen LogP contribution in [0.4, 0.5) is 0 Å². The minimum Gasteiger partial charge on any atom is -0.261 e. The number of hydrogen-bond acceptors (Lipinski definition) is 3. The predicted octanol–water partition coefficient (Wildman–Crippen LogP) is 4.61. The summed E-state index contributed by atoms with van der Waals surface area (Å²) in [5, 5.41) is 8.66. The molecule has 0 saturated heterocycles. The third-order valence-electron chi connectivity index (χ3n) is 3.47. The van der Waals surface area contributed by atoms with Gasteiger partial charge in [0.05, 0.1) is 9.99 Å². The van der Waals surface area contributed by atoms with Gasteiger partial charge < -0.3 is 0 Å². The molecule has 0 aliphatic carbocycles. The second-order valence-electron chi connectivity index (χ2n) is 6.79. The van der Waals surface area contributed by atoms with Crippen LogP contribution < -0.4 is 0 Å². The Balaban J connectivity index is 2.09. The van der Waals surface area contributed by atoms with Crippen molar-refractivity contribution >= 4 is 27.0 Å². The molecule has 5 heteroatoms. The molecule has 1 aromatic carbocycles. The average Bonchev–Trinajstić information content (AvgIpc) is 2.83. The highest BCUT2D eigenvalue weighted by molar-refractivity contribution is 9.10. The Kier molecular flexibility index (Phi) is 3.77. The number of halogens is 1. The van der Waals surface area contributed by atoms with Gasteiger partial charge in [0.2, 0.25) is 0 Å². The van der Waals surface area contributed by atoms with Gasteiger partial charge in [-0.05, 0) is 46.0 Å². The lowest BCUT2D eigenvalue weighted by atomic mass is 9.97. The van der Waals surface area contributed by atoms with E-state index in [2.05, 4.69) is 70.2 Å². The van der Waals surface area contributed by atoms with Gasteiger partial charge in [-0.25, -0.2) is 4.68 Å². The number of aromatic nitrogens is 4. The number of fused-ring (bicyclic) bond motifs is 1. The van der Waals surface area contributed by atoms with E-state index in [1.54, 1.807) is 0 Å². The van der Waals surface area contributed by atoms with Crippen molar-refractivity contribution in [3.05, 3.63) is 40.6 Å². The third-order valence-corrected chi connectivity index (χ3v) is 4.27. The van der Waals surface area contributed by atoms with Crippen molar-refractivity contribution in [3.8, 4) is 11.1 Å². The zero-order chi connectivity index (χ0) is 15.9. The number of nitrogens with zero attached hydrogens (tertiary/aromatic N) is 4. The summed E-state index contributed by atoms with van der Waals surface area (Å²) in [6.07, 6.45) is 1.89. The Hall–Kier alpha value is -1.75. The van der Waals surface area contributed by atoms with Crippen LogP contribution in [0.25, 0.3) is 22.2 Å². The topological polar surface area (TPSA) is 43.6 Å². The second-order valence-corrected chi connectivity index (χ2v) is 7.58. The quantitative estimate of drug-likeness (QED) is 0.671. The molecule has 0 atom stereocenters. The Morgan fingerprint density at radius 2 is 1.91 bits per heavy atom. The molecular weight excluding hydrogens is 340 g/mol. The summed E-state index contributed by atoms with van der Waals surface area (Å²) in [5.41, 5.74) is 5.27. The lowest BCUT2D eigenvalue weighted by Gasteiger charge is -2.18. The molecule has 0 N–H and O–H groups in total. The van der Waals surface area contributed by atoms with Gasteiger partial charge in [0.1, 0.15) is 5.52 Å².